The number of benzene rings is 1. The van der Waals surface area contributed by atoms with Gasteiger partial charge in [0.1, 0.15) is 0 Å². The number of fused-ring (bicyclic) bond motifs is 1. The van der Waals surface area contributed by atoms with Crippen molar-refractivity contribution in [2.75, 3.05) is 7.11 Å². The molecule has 0 N–H and O–H groups in total. The minimum Gasteiger partial charge on any atom is -0.493 e. The van der Waals surface area contributed by atoms with Crippen LogP contribution in [-0.2, 0) is 0 Å². The summed E-state index contributed by atoms with van der Waals surface area (Å²) in [6, 6.07) is 6.21. The maximum Gasteiger partial charge on any atom is 0.179 e. The molecule has 0 amide bonds. The van der Waals surface area contributed by atoms with Gasteiger partial charge in [-0.1, -0.05) is 0 Å². The highest BCUT2D eigenvalue weighted by Gasteiger charge is 2.13. The zero-order valence-corrected chi connectivity index (χ0v) is 10.9. The van der Waals surface area contributed by atoms with E-state index in [-0.39, 0.29) is 6.10 Å². The Labute approximate surface area is 99.8 Å². The van der Waals surface area contributed by atoms with Crippen molar-refractivity contribution in [3.05, 3.63) is 23.1 Å². The minimum absolute atomic E-state index is 0.155. The van der Waals surface area contributed by atoms with Crippen molar-refractivity contribution in [3.63, 3.8) is 0 Å². The van der Waals surface area contributed by atoms with Crippen LogP contribution in [0, 0.1) is 6.92 Å². The van der Waals surface area contributed by atoms with Gasteiger partial charge in [0, 0.05) is 4.88 Å². The van der Waals surface area contributed by atoms with Gasteiger partial charge in [0.25, 0.3) is 0 Å². The van der Waals surface area contributed by atoms with E-state index in [2.05, 4.69) is 19.1 Å². The van der Waals surface area contributed by atoms with Gasteiger partial charge in [-0.3, -0.25) is 0 Å². The summed E-state index contributed by atoms with van der Waals surface area (Å²) in [6.45, 7) is 6.16. The van der Waals surface area contributed by atoms with Gasteiger partial charge < -0.3 is 9.47 Å². The molecule has 1 aromatic carbocycles. The van der Waals surface area contributed by atoms with Crippen molar-refractivity contribution in [2.24, 2.45) is 0 Å². The van der Waals surface area contributed by atoms with Crippen LogP contribution in [-0.4, -0.2) is 13.2 Å². The van der Waals surface area contributed by atoms with E-state index < -0.39 is 0 Å². The monoisotopic (exact) mass is 236 g/mol. The van der Waals surface area contributed by atoms with Crippen LogP contribution >= 0.6 is 11.3 Å². The first-order valence-electron chi connectivity index (χ1n) is 5.35. The van der Waals surface area contributed by atoms with Gasteiger partial charge in [-0.15, -0.1) is 11.3 Å². The average Bonchev–Trinajstić information content (AvgIpc) is 2.59. The number of aryl methyl sites for hydroxylation is 1. The molecule has 0 radical (unpaired) electrons. The lowest BCUT2D eigenvalue weighted by Gasteiger charge is -2.14. The molecule has 0 fully saturated rings. The van der Waals surface area contributed by atoms with Crippen molar-refractivity contribution < 1.29 is 9.47 Å². The third-order valence-electron chi connectivity index (χ3n) is 2.30. The molecule has 0 aliphatic rings. The summed E-state index contributed by atoms with van der Waals surface area (Å²) < 4.78 is 12.4. The summed E-state index contributed by atoms with van der Waals surface area (Å²) in [5.74, 6) is 1.68. The molecule has 0 saturated heterocycles. The number of rotatable bonds is 3. The van der Waals surface area contributed by atoms with Gasteiger partial charge in [-0.2, -0.15) is 0 Å². The van der Waals surface area contributed by atoms with Gasteiger partial charge in [-0.25, -0.2) is 0 Å². The molecule has 2 aromatic rings. The largest absolute Gasteiger partial charge is 0.493 e. The number of methoxy groups -OCH3 is 1. The van der Waals surface area contributed by atoms with E-state index in [1.54, 1.807) is 18.4 Å². The second-order valence-corrected chi connectivity index (χ2v) is 5.30. The predicted molar refractivity (Wildman–Crippen MR) is 68.9 cm³/mol. The summed E-state index contributed by atoms with van der Waals surface area (Å²) in [5, 5.41) is 1.22. The highest BCUT2D eigenvalue weighted by Crippen LogP contribution is 2.40. The molecule has 0 bridgehead atoms. The second-order valence-electron chi connectivity index (χ2n) is 4.04. The quantitative estimate of drug-likeness (QED) is 0.801. The highest BCUT2D eigenvalue weighted by atomic mass is 32.1. The summed E-state index contributed by atoms with van der Waals surface area (Å²) in [7, 11) is 1.68. The molecule has 0 aliphatic heterocycles. The van der Waals surface area contributed by atoms with E-state index in [1.165, 1.54) is 15.0 Å². The van der Waals surface area contributed by atoms with E-state index >= 15 is 0 Å². The Morgan fingerprint density at radius 3 is 2.62 bits per heavy atom. The zero-order chi connectivity index (χ0) is 11.7. The molecule has 16 heavy (non-hydrogen) atoms. The summed E-state index contributed by atoms with van der Waals surface area (Å²) in [6.07, 6.45) is 0.155. The smallest absolute Gasteiger partial charge is 0.179 e. The Morgan fingerprint density at radius 1 is 1.25 bits per heavy atom. The van der Waals surface area contributed by atoms with Crippen LogP contribution in [0.4, 0.5) is 0 Å². The van der Waals surface area contributed by atoms with Crippen LogP contribution in [0.5, 0.6) is 11.5 Å². The van der Waals surface area contributed by atoms with Crippen molar-refractivity contribution >= 4 is 21.4 Å². The average molecular weight is 236 g/mol. The van der Waals surface area contributed by atoms with Crippen LogP contribution in [0.25, 0.3) is 10.1 Å². The van der Waals surface area contributed by atoms with Crippen LogP contribution in [0.3, 0.4) is 0 Å². The van der Waals surface area contributed by atoms with Gasteiger partial charge in [0.2, 0.25) is 0 Å². The third-order valence-corrected chi connectivity index (χ3v) is 3.37. The highest BCUT2D eigenvalue weighted by molar-refractivity contribution is 7.19. The molecular formula is C13H16O2S. The van der Waals surface area contributed by atoms with E-state index in [0.717, 1.165) is 11.5 Å². The van der Waals surface area contributed by atoms with Crippen LogP contribution in [0.15, 0.2) is 18.2 Å². The molecule has 2 nitrogen and oxygen atoms in total. The Morgan fingerprint density at radius 2 is 2.00 bits per heavy atom. The fraction of sp³-hybridized carbons (Fsp3) is 0.385. The van der Waals surface area contributed by atoms with Crippen molar-refractivity contribution in [1.29, 1.82) is 0 Å². The fourth-order valence-electron chi connectivity index (χ4n) is 1.70. The van der Waals surface area contributed by atoms with E-state index in [4.69, 9.17) is 9.47 Å². The van der Waals surface area contributed by atoms with E-state index in [1.807, 2.05) is 19.9 Å². The van der Waals surface area contributed by atoms with Gasteiger partial charge in [-0.05, 0) is 44.4 Å². The Bertz CT molecular complexity index is 500. The first kappa shape index (κ1) is 11.3. The first-order chi connectivity index (χ1) is 7.61. The van der Waals surface area contributed by atoms with Crippen LogP contribution in [0.2, 0.25) is 0 Å². The van der Waals surface area contributed by atoms with Crippen molar-refractivity contribution in [3.8, 4) is 11.5 Å². The van der Waals surface area contributed by atoms with Crippen molar-refractivity contribution in [2.45, 2.75) is 26.9 Å². The SMILES string of the molecule is COc1ccc2cc(C)sc2c1OC(C)C. The molecule has 0 atom stereocenters. The molecule has 0 spiro atoms. The molecule has 0 aliphatic carbocycles. The molecule has 86 valence electrons. The van der Waals surface area contributed by atoms with Crippen LogP contribution < -0.4 is 9.47 Å². The molecule has 0 saturated carbocycles. The number of hydrogen-bond acceptors (Lipinski definition) is 3. The Hall–Kier alpha value is -1.22. The van der Waals surface area contributed by atoms with Gasteiger partial charge in [0.15, 0.2) is 11.5 Å². The lowest BCUT2D eigenvalue weighted by atomic mass is 10.2. The number of hydrogen-bond donors (Lipinski definition) is 0. The lowest BCUT2D eigenvalue weighted by Crippen LogP contribution is -2.06. The topological polar surface area (TPSA) is 18.5 Å². The summed E-state index contributed by atoms with van der Waals surface area (Å²) in [4.78, 5) is 1.29. The van der Waals surface area contributed by atoms with Gasteiger partial charge >= 0.3 is 0 Å². The molecule has 0 unspecified atom stereocenters. The van der Waals surface area contributed by atoms with Gasteiger partial charge in [0.05, 0.1) is 17.9 Å². The van der Waals surface area contributed by atoms with Crippen molar-refractivity contribution in [1.82, 2.24) is 0 Å². The maximum absolute atomic E-state index is 5.85. The molecule has 3 heteroatoms. The van der Waals surface area contributed by atoms with Crippen LogP contribution in [0.1, 0.15) is 18.7 Å². The summed E-state index contributed by atoms with van der Waals surface area (Å²) >= 11 is 1.75. The molecule has 2 rings (SSSR count). The molecular weight excluding hydrogens is 220 g/mol. The predicted octanol–water partition coefficient (Wildman–Crippen LogP) is 4.01. The Balaban J connectivity index is 2.62. The standard InChI is InChI=1S/C13H16O2S/c1-8(2)15-12-11(14-4)6-5-10-7-9(3)16-13(10)12/h5-8H,1-4H3. The van der Waals surface area contributed by atoms with E-state index in [9.17, 15) is 0 Å². The second kappa shape index (κ2) is 4.34. The van der Waals surface area contributed by atoms with E-state index in [0.29, 0.717) is 0 Å². The molecule has 1 heterocycles. The minimum atomic E-state index is 0.155. The first-order valence-corrected chi connectivity index (χ1v) is 6.17. The third kappa shape index (κ3) is 2.00. The fourth-order valence-corrected chi connectivity index (χ4v) is 2.69. The molecule has 1 aromatic heterocycles. The number of thiophene rings is 1. The number of ether oxygens (including phenoxy) is 2. The maximum atomic E-state index is 5.85. The normalized spacial score (nSPS) is 11.1. The summed E-state index contributed by atoms with van der Waals surface area (Å²) in [5.41, 5.74) is 0. The zero-order valence-electron chi connectivity index (χ0n) is 10.0. The Kier molecular flexibility index (Phi) is 3.06. The lowest BCUT2D eigenvalue weighted by molar-refractivity contribution is 0.234.